The van der Waals surface area contributed by atoms with Gasteiger partial charge in [0.25, 0.3) is 0 Å². The van der Waals surface area contributed by atoms with Gasteiger partial charge < -0.3 is 10.8 Å². The molecule has 3 N–H and O–H groups in total. The SMILES string of the molecule is Cc1ccc(C(CCCN)(c2ccccc2)c2cccc(O)c2)cc1. The van der Waals surface area contributed by atoms with Crippen molar-refractivity contribution in [2.75, 3.05) is 6.54 Å². The van der Waals surface area contributed by atoms with Crippen LogP contribution in [0.2, 0.25) is 0 Å². The van der Waals surface area contributed by atoms with Gasteiger partial charge in [0.15, 0.2) is 0 Å². The van der Waals surface area contributed by atoms with Crippen molar-refractivity contribution in [1.82, 2.24) is 0 Å². The molecule has 2 heteroatoms. The van der Waals surface area contributed by atoms with Crippen molar-refractivity contribution < 1.29 is 5.11 Å². The summed E-state index contributed by atoms with van der Waals surface area (Å²) in [5, 5.41) is 10.1. The van der Waals surface area contributed by atoms with E-state index < -0.39 is 0 Å². The lowest BCUT2D eigenvalue weighted by molar-refractivity contribution is 0.470. The number of nitrogens with two attached hydrogens (primary N) is 1. The highest BCUT2D eigenvalue weighted by Crippen LogP contribution is 2.43. The van der Waals surface area contributed by atoms with Crippen molar-refractivity contribution in [3.63, 3.8) is 0 Å². The van der Waals surface area contributed by atoms with Crippen LogP contribution < -0.4 is 5.73 Å². The van der Waals surface area contributed by atoms with E-state index in [0.29, 0.717) is 6.54 Å². The predicted molar refractivity (Wildman–Crippen MR) is 104 cm³/mol. The van der Waals surface area contributed by atoms with E-state index in [1.54, 1.807) is 6.07 Å². The van der Waals surface area contributed by atoms with E-state index in [1.807, 2.05) is 18.2 Å². The molecule has 0 heterocycles. The van der Waals surface area contributed by atoms with E-state index in [9.17, 15) is 5.11 Å². The molecule has 3 aromatic carbocycles. The van der Waals surface area contributed by atoms with Gasteiger partial charge in [0, 0.05) is 5.41 Å². The summed E-state index contributed by atoms with van der Waals surface area (Å²) in [6.45, 7) is 2.74. The number of benzene rings is 3. The third-order valence-electron chi connectivity index (χ3n) is 4.91. The zero-order chi connectivity index (χ0) is 17.7. The number of hydrogen-bond donors (Lipinski definition) is 2. The number of aryl methyl sites for hydroxylation is 1. The van der Waals surface area contributed by atoms with E-state index >= 15 is 0 Å². The zero-order valence-electron chi connectivity index (χ0n) is 14.7. The average molecular weight is 331 g/mol. The Labute approximate surface area is 150 Å². The Morgan fingerprint density at radius 1 is 0.800 bits per heavy atom. The molecular weight excluding hydrogens is 306 g/mol. The van der Waals surface area contributed by atoms with Crippen LogP contribution in [0.25, 0.3) is 0 Å². The lowest BCUT2D eigenvalue weighted by atomic mass is 9.66. The van der Waals surface area contributed by atoms with Gasteiger partial charge in [-0.15, -0.1) is 0 Å². The summed E-state index contributed by atoms with van der Waals surface area (Å²) in [5.74, 6) is 0.290. The second-order valence-corrected chi connectivity index (χ2v) is 6.58. The molecule has 128 valence electrons. The first-order chi connectivity index (χ1) is 12.2. The van der Waals surface area contributed by atoms with Gasteiger partial charge in [0.05, 0.1) is 0 Å². The molecule has 0 saturated heterocycles. The van der Waals surface area contributed by atoms with Crippen molar-refractivity contribution in [2.45, 2.75) is 25.2 Å². The highest BCUT2D eigenvalue weighted by atomic mass is 16.3. The number of aromatic hydroxyl groups is 1. The fraction of sp³-hybridized carbons (Fsp3) is 0.217. The summed E-state index contributed by atoms with van der Waals surface area (Å²) in [7, 11) is 0. The fourth-order valence-corrected chi connectivity index (χ4v) is 3.63. The molecule has 3 aromatic rings. The monoisotopic (exact) mass is 331 g/mol. The Morgan fingerprint density at radius 3 is 2.08 bits per heavy atom. The van der Waals surface area contributed by atoms with E-state index in [0.717, 1.165) is 18.4 Å². The number of rotatable bonds is 6. The van der Waals surface area contributed by atoms with E-state index in [4.69, 9.17) is 5.73 Å². The Morgan fingerprint density at radius 2 is 1.44 bits per heavy atom. The molecule has 0 aliphatic rings. The minimum atomic E-state index is -0.326. The molecular formula is C23H25NO. The number of phenolic OH excluding ortho intramolecular Hbond substituents is 1. The van der Waals surface area contributed by atoms with Crippen LogP contribution in [-0.4, -0.2) is 11.7 Å². The summed E-state index contributed by atoms with van der Waals surface area (Å²) >= 11 is 0. The molecule has 0 radical (unpaired) electrons. The molecule has 0 aliphatic heterocycles. The first-order valence-corrected chi connectivity index (χ1v) is 8.79. The third kappa shape index (κ3) is 3.45. The van der Waals surface area contributed by atoms with Gasteiger partial charge in [-0.05, 0) is 55.1 Å². The van der Waals surface area contributed by atoms with Gasteiger partial charge in [0.2, 0.25) is 0 Å². The van der Waals surface area contributed by atoms with Crippen LogP contribution in [-0.2, 0) is 5.41 Å². The van der Waals surface area contributed by atoms with Crippen LogP contribution >= 0.6 is 0 Å². The maximum Gasteiger partial charge on any atom is 0.115 e. The summed E-state index contributed by atoms with van der Waals surface area (Å²) in [6.07, 6.45) is 1.79. The smallest absolute Gasteiger partial charge is 0.115 e. The van der Waals surface area contributed by atoms with Crippen LogP contribution in [0.15, 0.2) is 78.9 Å². The molecule has 25 heavy (non-hydrogen) atoms. The standard InChI is InChI=1S/C23H25NO/c1-18-11-13-20(14-12-18)23(15-6-16-24,19-7-3-2-4-8-19)21-9-5-10-22(25)17-21/h2-5,7-14,17,25H,6,15-16,24H2,1H3. The van der Waals surface area contributed by atoms with Gasteiger partial charge in [-0.25, -0.2) is 0 Å². The summed E-state index contributed by atoms with van der Waals surface area (Å²) in [4.78, 5) is 0. The molecule has 0 aromatic heterocycles. The normalized spacial score (nSPS) is 13.4. The second kappa shape index (κ2) is 7.54. The second-order valence-electron chi connectivity index (χ2n) is 6.58. The highest BCUT2D eigenvalue weighted by molar-refractivity contribution is 5.52. The molecule has 2 nitrogen and oxygen atoms in total. The molecule has 3 rings (SSSR count). The van der Waals surface area contributed by atoms with Gasteiger partial charge in [0.1, 0.15) is 5.75 Å². The van der Waals surface area contributed by atoms with Crippen molar-refractivity contribution >= 4 is 0 Å². The topological polar surface area (TPSA) is 46.2 Å². The number of phenols is 1. The minimum absolute atomic E-state index is 0.290. The molecule has 1 unspecified atom stereocenters. The predicted octanol–water partition coefficient (Wildman–Crippen LogP) is 4.77. The Bertz CT molecular complexity index is 811. The molecule has 0 fully saturated rings. The first kappa shape index (κ1) is 17.2. The van der Waals surface area contributed by atoms with Crippen molar-refractivity contribution in [2.24, 2.45) is 5.73 Å². The molecule has 0 amide bonds. The van der Waals surface area contributed by atoms with Crippen molar-refractivity contribution in [1.29, 1.82) is 0 Å². The Balaban J connectivity index is 2.28. The van der Waals surface area contributed by atoms with Gasteiger partial charge >= 0.3 is 0 Å². The van der Waals surface area contributed by atoms with E-state index in [-0.39, 0.29) is 11.2 Å². The van der Waals surface area contributed by atoms with Crippen molar-refractivity contribution in [3.8, 4) is 5.75 Å². The Kier molecular flexibility index (Phi) is 5.20. The van der Waals surface area contributed by atoms with Crippen LogP contribution in [0, 0.1) is 6.92 Å². The molecule has 0 saturated carbocycles. The maximum absolute atomic E-state index is 10.1. The number of hydrogen-bond acceptors (Lipinski definition) is 2. The van der Waals surface area contributed by atoms with Crippen LogP contribution in [0.3, 0.4) is 0 Å². The summed E-state index contributed by atoms with van der Waals surface area (Å²) in [5.41, 5.74) is 10.3. The summed E-state index contributed by atoms with van der Waals surface area (Å²) in [6, 6.07) is 26.8. The average Bonchev–Trinajstić information content (AvgIpc) is 2.65. The minimum Gasteiger partial charge on any atom is -0.508 e. The summed E-state index contributed by atoms with van der Waals surface area (Å²) < 4.78 is 0. The van der Waals surface area contributed by atoms with Crippen LogP contribution in [0.4, 0.5) is 0 Å². The molecule has 1 atom stereocenters. The lowest BCUT2D eigenvalue weighted by Gasteiger charge is -2.36. The fourth-order valence-electron chi connectivity index (χ4n) is 3.63. The lowest BCUT2D eigenvalue weighted by Crippen LogP contribution is -2.30. The van der Waals surface area contributed by atoms with E-state index in [1.165, 1.54) is 16.7 Å². The van der Waals surface area contributed by atoms with E-state index in [2.05, 4.69) is 61.5 Å². The van der Waals surface area contributed by atoms with Gasteiger partial charge in [-0.2, -0.15) is 0 Å². The largest absolute Gasteiger partial charge is 0.508 e. The molecule has 0 bridgehead atoms. The van der Waals surface area contributed by atoms with Crippen molar-refractivity contribution in [3.05, 3.63) is 101 Å². The molecule has 0 spiro atoms. The quantitative estimate of drug-likeness (QED) is 0.639. The first-order valence-electron chi connectivity index (χ1n) is 8.79. The highest BCUT2D eigenvalue weighted by Gasteiger charge is 2.35. The van der Waals surface area contributed by atoms with Gasteiger partial charge in [-0.1, -0.05) is 72.3 Å². The third-order valence-corrected chi connectivity index (χ3v) is 4.91. The Hall–Kier alpha value is -2.58. The van der Waals surface area contributed by atoms with Gasteiger partial charge in [-0.3, -0.25) is 0 Å². The van der Waals surface area contributed by atoms with Crippen LogP contribution in [0.5, 0.6) is 5.75 Å². The maximum atomic E-state index is 10.1. The molecule has 0 aliphatic carbocycles. The zero-order valence-corrected chi connectivity index (χ0v) is 14.7. The van der Waals surface area contributed by atoms with Crippen LogP contribution in [0.1, 0.15) is 35.1 Å².